The number of carbonyl (C=O) groups is 2. The number of anilines is 1. The highest BCUT2D eigenvalue weighted by atomic mass is 19.1. The molecule has 0 unspecified atom stereocenters. The Morgan fingerprint density at radius 2 is 2.06 bits per heavy atom. The number of aryl methyl sites for hydroxylation is 1. The van der Waals surface area contributed by atoms with Crippen molar-refractivity contribution in [3.8, 4) is 0 Å². The first-order valence-corrected chi connectivity index (χ1v) is 10.4. The minimum absolute atomic E-state index is 0.180. The van der Waals surface area contributed by atoms with Crippen LogP contribution in [0.1, 0.15) is 41.5 Å². The van der Waals surface area contributed by atoms with Crippen LogP contribution in [-0.4, -0.2) is 31.1 Å². The van der Waals surface area contributed by atoms with E-state index in [2.05, 4.69) is 16.7 Å². The van der Waals surface area contributed by atoms with Gasteiger partial charge in [0.05, 0.1) is 12.7 Å². The molecule has 31 heavy (non-hydrogen) atoms. The zero-order valence-corrected chi connectivity index (χ0v) is 17.2. The average molecular weight is 422 g/mol. The lowest BCUT2D eigenvalue weighted by molar-refractivity contribution is -0.144. The maximum atomic E-state index is 13.8. The Morgan fingerprint density at radius 1 is 1.23 bits per heavy atom. The van der Waals surface area contributed by atoms with Crippen molar-refractivity contribution in [2.75, 3.05) is 19.0 Å². The molecule has 2 N–H and O–H groups in total. The molecule has 0 bridgehead atoms. The number of benzene rings is 2. The van der Waals surface area contributed by atoms with Gasteiger partial charge in [-0.1, -0.05) is 18.2 Å². The average Bonchev–Trinajstić information content (AvgIpc) is 3.35. The van der Waals surface area contributed by atoms with Crippen LogP contribution in [-0.2, 0) is 32.1 Å². The molecule has 1 fully saturated rings. The number of hydrogen-bond donors (Lipinski definition) is 2. The highest BCUT2D eigenvalue weighted by Gasteiger charge is 2.50. The minimum atomic E-state index is -0.473. The molecule has 1 aliphatic carbocycles. The summed E-state index contributed by atoms with van der Waals surface area (Å²) in [6.45, 7) is 1.12. The zero-order valence-electron chi connectivity index (χ0n) is 17.2. The third-order valence-corrected chi connectivity index (χ3v) is 6.17. The Hall–Kier alpha value is -3.19. The molecule has 3 aliphatic rings. The number of methoxy groups -OCH3 is 1. The number of carbonyl (C=O) groups excluding carboxylic acids is 2. The summed E-state index contributed by atoms with van der Waals surface area (Å²) in [4.78, 5) is 24.3. The van der Waals surface area contributed by atoms with Crippen molar-refractivity contribution >= 4 is 28.9 Å². The molecule has 1 amide bonds. The first-order valence-electron chi connectivity index (χ1n) is 10.4. The van der Waals surface area contributed by atoms with E-state index in [0.717, 1.165) is 43.4 Å². The summed E-state index contributed by atoms with van der Waals surface area (Å²) in [5, 5.41) is 6.10. The van der Waals surface area contributed by atoms with Gasteiger partial charge in [-0.25, -0.2) is 4.39 Å². The lowest BCUT2D eigenvalue weighted by Gasteiger charge is -2.14. The summed E-state index contributed by atoms with van der Waals surface area (Å²) in [7, 11) is 1.42. The van der Waals surface area contributed by atoms with E-state index >= 15 is 0 Å². The first-order chi connectivity index (χ1) is 15.0. The van der Waals surface area contributed by atoms with Gasteiger partial charge in [-0.3, -0.25) is 9.59 Å². The SMILES string of the molecule is COC(=O)C1(NCCCc2ccc3c(c2)COC3=C2C(=O)Nc3ccc(F)cc32)CC1. The first kappa shape index (κ1) is 19.8. The Labute approximate surface area is 179 Å². The van der Waals surface area contributed by atoms with Crippen molar-refractivity contribution in [2.45, 2.75) is 37.8 Å². The normalized spacial score (nSPS) is 20.0. The molecular formula is C24H23FN2O4. The molecule has 2 aromatic carbocycles. The van der Waals surface area contributed by atoms with Crippen molar-refractivity contribution in [1.82, 2.24) is 5.32 Å². The number of fused-ring (bicyclic) bond motifs is 2. The largest absolute Gasteiger partial charge is 0.487 e. The predicted molar refractivity (Wildman–Crippen MR) is 113 cm³/mol. The van der Waals surface area contributed by atoms with E-state index in [9.17, 15) is 14.0 Å². The molecule has 0 atom stereocenters. The Kier molecular flexibility index (Phi) is 4.78. The Bertz CT molecular complexity index is 1120. The summed E-state index contributed by atoms with van der Waals surface area (Å²) in [6.07, 6.45) is 3.40. The van der Waals surface area contributed by atoms with Crippen LogP contribution in [0.3, 0.4) is 0 Å². The number of halogens is 1. The van der Waals surface area contributed by atoms with Crippen LogP contribution >= 0.6 is 0 Å². The number of hydrogen-bond acceptors (Lipinski definition) is 5. The topological polar surface area (TPSA) is 76.7 Å². The summed E-state index contributed by atoms with van der Waals surface area (Å²) in [5.74, 6) is -0.354. The van der Waals surface area contributed by atoms with E-state index in [1.165, 1.54) is 24.8 Å². The van der Waals surface area contributed by atoms with Gasteiger partial charge in [0.2, 0.25) is 0 Å². The second kappa shape index (κ2) is 7.50. The fraction of sp³-hybridized carbons (Fsp3) is 0.333. The summed E-state index contributed by atoms with van der Waals surface area (Å²) in [6, 6.07) is 10.3. The molecule has 1 saturated carbocycles. The van der Waals surface area contributed by atoms with Crippen molar-refractivity contribution in [1.29, 1.82) is 0 Å². The monoisotopic (exact) mass is 422 g/mol. The standard InChI is InChI=1S/C24H23FN2O4/c1-30-23(29)24(8-9-24)26-10-2-3-14-4-6-17-15(11-14)13-31-21(17)20-18-12-16(25)5-7-19(18)27-22(20)28/h4-7,11-12,26H,2-3,8-10,13H2,1H3,(H,27,28). The summed E-state index contributed by atoms with van der Waals surface area (Å²) in [5.41, 5.74) is 4.08. The molecule has 0 spiro atoms. The van der Waals surface area contributed by atoms with Gasteiger partial charge in [0.25, 0.3) is 5.91 Å². The molecule has 160 valence electrons. The number of ether oxygens (including phenoxy) is 2. The Morgan fingerprint density at radius 3 is 2.84 bits per heavy atom. The number of rotatable bonds is 6. The molecule has 2 aromatic rings. The molecule has 0 saturated heterocycles. The third kappa shape index (κ3) is 3.49. The molecular weight excluding hydrogens is 399 g/mol. The minimum Gasteiger partial charge on any atom is -0.487 e. The van der Waals surface area contributed by atoms with Crippen LogP contribution < -0.4 is 10.6 Å². The summed E-state index contributed by atoms with van der Waals surface area (Å²) >= 11 is 0. The van der Waals surface area contributed by atoms with E-state index in [1.807, 2.05) is 12.1 Å². The van der Waals surface area contributed by atoms with Crippen LogP contribution in [0.5, 0.6) is 0 Å². The van der Waals surface area contributed by atoms with Gasteiger partial charge >= 0.3 is 5.97 Å². The number of esters is 1. The van der Waals surface area contributed by atoms with Crippen LogP contribution in [0.2, 0.25) is 0 Å². The van der Waals surface area contributed by atoms with Gasteiger partial charge in [0, 0.05) is 22.4 Å². The molecule has 0 aromatic heterocycles. The van der Waals surface area contributed by atoms with E-state index < -0.39 is 11.4 Å². The quantitative estimate of drug-likeness (QED) is 0.424. The van der Waals surface area contributed by atoms with Crippen molar-refractivity contribution < 1.29 is 23.5 Å². The van der Waals surface area contributed by atoms with E-state index in [1.54, 1.807) is 6.07 Å². The molecule has 0 radical (unpaired) electrons. The number of amides is 1. The fourth-order valence-corrected chi connectivity index (χ4v) is 4.34. The number of nitrogens with one attached hydrogen (secondary N) is 2. The maximum Gasteiger partial charge on any atom is 0.326 e. The van der Waals surface area contributed by atoms with Crippen molar-refractivity contribution in [2.24, 2.45) is 0 Å². The van der Waals surface area contributed by atoms with Gasteiger partial charge in [-0.2, -0.15) is 0 Å². The van der Waals surface area contributed by atoms with Crippen LogP contribution in [0.15, 0.2) is 36.4 Å². The zero-order chi connectivity index (χ0) is 21.6. The van der Waals surface area contributed by atoms with E-state index in [4.69, 9.17) is 9.47 Å². The van der Waals surface area contributed by atoms with Crippen LogP contribution in [0.4, 0.5) is 10.1 Å². The lowest BCUT2D eigenvalue weighted by Crippen LogP contribution is -2.40. The van der Waals surface area contributed by atoms with Crippen molar-refractivity contribution in [3.63, 3.8) is 0 Å². The third-order valence-electron chi connectivity index (χ3n) is 6.17. The van der Waals surface area contributed by atoms with Gasteiger partial charge < -0.3 is 20.1 Å². The smallest absolute Gasteiger partial charge is 0.326 e. The van der Waals surface area contributed by atoms with E-state index in [-0.39, 0.29) is 11.9 Å². The van der Waals surface area contributed by atoms with E-state index in [0.29, 0.717) is 29.2 Å². The highest BCUT2D eigenvalue weighted by Crippen LogP contribution is 2.42. The Balaban J connectivity index is 1.30. The summed E-state index contributed by atoms with van der Waals surface area (Å²) < 4.78 is 24.5. The van der Waals surface area contributed by atoms with Gasteiger partial charge in [0.1, 0.15) is 23.7 Å². The van der Waals surface area contributed by atoms with Crippen molar-refractivity contribution in [3.05, 3.63) is 64.5 Å². The van der Waals surface area contributed by atoms with Gasteiger partial charge in [-0.15, -0.1) is 0 Å². The van der Waals surface area contributed by atoms with Gasteiger partial charge in [-0.05, 0) is 56.0 Å². The van der Waals surface area contributed by atoms with Crippen LogP contribution in [0, 0.1) is 5.82 Å². The predicted octanol–water partition coefficient (Wildman–Crippen LogP) is 3.40. The maximum absolute atomic E-state index is 13.8. The van der Waals surface area contributed by atoms with Crippen LogP contribution in [0.25, 0.3) is 11.3 Å². The second-order valence-corrected chi connectivity index (χ2v) is 8.23. The molecule has 2 heterocycles. The second-order valence-electron chi connectivity index (χ2n) is 8.23. The van der Waals surface area contributed by atoms with Gasteiger partial charge in [0.15, 0.2) is 0 Å². The lowest BCUT2D eigenvalue weighted by atomic mass is 9.98. The molecule has 7 heteroatoms. The fourth-order valence-electron chi connectivity index (χ4n) is 4.34. The molecule has 2 aliphatic heterocycles. The molecule has 6 nitrogen and oxygen atoms in total. The highest BCUT2D eigenvalue weighted by molar-refractivity contribution is 6.36. The molecule has 5 rings (SSSR count).